The maximum absolute atomic E-state index is 9.05. The van der Waals surface area contributed by atoms with E-state index in [2.05, 4.69) is 19.2 Å². The van der Waals surface area contributed by atoms with Gasteiger partial charge in [-0.2, -0.15) is 0 Å². The van der Waals surface area contributed by atoms with Crippen molar-refractivity contribution in [1.29, 1.82) is 0 Å². The van der Waals surface area contributed by atoms with E-state index in [-0.39, 0.29) is 18.6 Å². The molecule has 0 radical (unpaired) electrons. The molecule has 0 amide bonds. The molecule has 3 heteroatoms. The lowest BCUT2D eigenvalue weighted by atomic mass is 9.93. The summed E-state index contributed by atoms with van der Waals surface area (Å²) in [6.07, 6.45) is 1.19. The van der Waals surface area contributed by atoms with Crippen LogP contribution in [0.2, 0.25) is 0 Å². The number of hydrogen-bond acceptors (Lipinski definition) is 3. The van der Waals surface area contributed by atoms with Crippen LogP contribution in [0.1, 0.15) is 27.2 Å². The van der Waals surface area contributed by atoms with E-state index in [4.69, 9.17) is 10.2 Å². The average Bonchev–Trinajstić information content (AvgIpc) is 2.70. The quantitative estimate of drug-likeness (QED) is 0.582. The van der Waals surface area contributed by atoms with Gasteiger partial charge in [0.1, 0.15) is 0 Å². The number of nitrogens with one attached hydrogen (secondary N) is 1. The van der Waals surface area contributed by atoms with Gasteiger partial charge in [-0.05, 0) is 11.8 Å². The molecule has 0 heterocycles. The highest BCUT2D eigenvalue weighted by Gasteiger charge is 2.45. The molecule has 78 valence electrons. The molecule has 1 aliphatic rings. The first kappa shape index (κ1) is 11.0. The third-order valence-electron chi connectivity index (χ3n) is 3.05. The molecule has 13 heavy (non-hydrogen) atoms. The first-order valence-electron chi connectivity index (χ1n) is 4.89. The summed E-state index contributed by atoms with van der Waals surface area (Å²) in [6.45, 7) is 7.08. The van der Waals surface area contributed by atoms with Crippen molar-refractivity contribution in [2.75, 3.05) is 19.8 Å². The Labute approximate surface area is 80.2 Å². The van der Waals surface area contributed by atoms with Crippen LogP contribution in [0.15, 0.2) is 0 Å². The minimum Gasteiger partial charge on any atom is -0.396 e. The Bertz CT molecular complexity index is 176. The van der Waals surface area contributed by atoms with Crippen molar-refractivity contribution in [3.8, 4) is 0 Å². The summed E-state index contributed by atoms with van der Waals surface area (Å²) in [5.41, 5.74) is 0.0322. The van der Waals surface area contributed by atoms with E-state index < -0.39 is 0 Å². The Morgan fingerprint density at radius 3 is 2.15 bits per heavy atom. The lowest BCUT2D eigenvalue weighted by Gasteiger charge is -2.25. The minimum absolute atomic E-state index is 0.0314. The van der Waals surface area contributed by atoms with Crippen LogP contribution in [0.4, 0.5) is 0 Å². The van der Waals surface area contributed by atoms with Crippen LogP contribution in [0.25, 0.3) is 0 Å². The van der Waals surface area contributed by atoms with Gasteiger partial charge < -0.3 is 15.5 Å². The predicted octanol–water partition coefficient (Wildman–Crippen LogP) is 0.365. The Balaban J connectivity index is 2.26. The number of aliphatic hydroxyl groups excluding tert-OH is 2. The smallest absolute Gasteiger partial charge is 0.0518 e. The Morgan fingerprint density at radius 1 is 1.38 bits per heavy atom. The van der Waals surface area contributed by atoms with E-state index >= 15 is 0 Å². The van der Waals surface area contributed by atoms with Crippen molar-refractivity contribution in [3.05, 3.63) is 0 Å². The van der Waals surface area contributed by atoms with Crippen LogP contribution in [0, 0.1) is 10.8 Å². The lowest BCUT2D eigenvalue weighted by molar-refractivity contribution is 0.0688. The van der Waals surface area contributed by atoms with Gasteiger partial charge in [-0.1, -0.05) is 20.8 Å². The van der Waals surface area contributed by atoms with Crippen LogP contribution in [0.5, 0.6) is 0 Å². The number of aliphatic hydroxyl groups is 2. The first-order valence-corrected chi connectivity index (χ1v) is 4.89. The fraction of sp³-hybridized carbons (Fsp3) is 1.00. The van der Waals surface area contributed by atoms with Crippen LogP contribution < -0.4 is 5.32 Å². The van der Waals surface area contributed by atoms with E-state index in [1.807, 2.05) is 6.92 Å². The zero-order valence-electron chi connectivity index (χ0n) is 8.80. The van der Waals surface area contributed by atoms with E-state index in [0.717, 1.165) is 0 Å². The highest BCUT2D eigenvalue weighted by molar-refractivity contribution is 5.02. The van der Waals surface area contributed by atoms with Gasteiger partial charge in [-0.15, -0.1) is 0 Å². The molecule has 0 bridgehead atoms. The van der Waals surface area contributed by atoms with Crippen molar-refractivity contribution in [1.82, 2.24) is 5.32 Å². The highest BCUT2D eigenvalue weighted by Crippen LogP contribution is 2.44. The maximum Gasteiger partial charge on any atom is 0.0518 e. The minimum atomic E-state index is -0.376. The standard InChI is InChI=1S/C10H21NO2/c1-9(2)4-8(9)11-5-10(3,6-12)7-13/h8,11-13H,4-7H2,1-3H3. The molecule has 1 saturated carbocycles. The van der Waals surface area contributed by atoms with Gasteiger partial charge in [0.25, 0.3) is 0 Å². The maximum atomic E-state index is 9.05. The molecule has 0 aliphatic heterocycles. The molecular formula is C10H21NO2. The normalized spacial score (nSPS) is 26.1. The monoisotopic (exact) mass is 187 g/mol. The van der Waals surface area contributed by atoms with Gasteiger partial charge in [0, 0.05) is 18.0 Å². The molecule has 1 atom stereocenters. The average molecular weight is 187 g/mol. The fourth-order valence-electron chi connectivity index (χ4n) is 1.35. The predicted molar refractivity (Wildman–Crippen MR) is 52.5 cm³/mol. The molecule has 0 aromatic heterocycles. The summed E-state index contributed by atoms with van der Waals surface area (Å²) in [4.78, 5) is 0. The van der Waals surface area contributed by atoms with Gasteiger partial charge in [0.2, 0.25) is 0 Å². The summed E-state index contributed by atoms with van der Waals surface area (Å²) in [6, 6.07) is 0.560. The SMILES string of the molecule is CC(CO)(CO)CNC1CC1(C)C. The van der Waals surface area contributed by atoms with Crippen molar-refractivity contribution in [3.63, 3.8) is 0 Å². The highest BCUT2D eigenvalue weighted by atomic mass is 16.3. The van der Waals surface area contributed by atoms with Gasteiger partial charge in [-0.3, -0.25) is 0 Å². The molecule has 1 fully saturated rings. The van der Waals surface area contributed by atoms with E-state index in [1.165, 1.54) is 6.42 Å². The van der Waals surface area contributed by atoms with Gasteiger partial charge in [-0.25, -0.2) is 0 Å². The summed E-state index contributed by atoms with van der Waals surface area (Å²) in [7, 11) is 0. The first-order chi connectivity index (χ1) is 5.93. The Kier molecular flexibility index (Phi) is 3.00. The van der Waals surface area contributed by atoms with E-state index in [1.54, 1.807) is 0 Å². The van der Waals surface area contributed by atoms with Gasteiger partial charge >= 0.3 is 0 Å². The second kappa shape index (κ2) is 3.56. The van der Waals surface area contributed by atoms with Crippen molar-refractivity contribution in [2.24, 2.45) is 10.8 Å². The topological polar surface area (TPSA) is 52.5 Å². The van der Waals surface area contributed by atoms with E-state index in [0.29, 0.717) is 18.0 Å². The zero-order valence-corrected chi connectivity index (χ0v) is 8.80. The Hall–Kier alpha value is -0.120. The molecule has 3 nitrogen and oxygen atoms in total. The van der Waals surface area contributed by atoms with Crippen molar-refractivity contribution < 1.29 is 10.2 Å². The van der Waals surface area contributed by atoms with Crippen molar-refractivity contribution in [2.45, 2.75) is 33.2 Å². The van der Waals surface area contributed by atoms with Crippen LogP contribution in [-0.4, -0.2) is 36.0 Å². The summed E-state index contributed by atoms with van der Waals surface area (Å²) < 4.78 is 0. The van der Waals surface area contributed by atoms with Gasteiger partial charge in [0.05, 0.1) is 13.2 Å². The third-order valence-corrected chi connectivity index (χ3v) is 3.05. The summed E-state index contributed by atoms with van der Waals surface area (Å²) >= 11 is 0. The van der Waals surface area contributed by atoms with Crippen LogP contribution in [-0.2, 0) is 0 Å². The molecule has 0 saturated heterocycles. The molecule has 0 aromatic rings. The fourth-order valence-corrected chi connectivity index (χ4v) is 1.35. The third kappa shape index (κ3) is 2.66. The molecule has 0 spiro atoms. The van der Waals surface area contributed by atoms with E-state index in [9.17, 15) is 0 Å². The molecule has 0 aromatic carbocycles. The van der Waals surface area contributed by atoms with Crippen molar-refractivity contribution >= 4 is 0 Å². The lowest BCUT2D eigenvalue weighted by Crippen LogP contribution is -2.39. The Morgan fingerprint density at radius 2 is 1.85 bits per heavy atom. The number of rotatable bonds is 5. The second-order valence-corrected chi connectivity index (χ2v) is 5.25. The molecule has 3 N–H and O–H groups in total. The molecule has 1 unspecified atom stereocenters. The largest absolute Gasteiger partial charge is 0.396 e. The molecule has 1 rings (SSSR count). The van der Waals surface area contributed by atoms with Gasteiger partial charge in [0.15, 0.2) is 0 Å². The summed E-state index contributed by atoms with van der Waals surface area (Å²) in [5, 5.41) is 21.5. The number of hydrogen-bond donors (Lipinski definition) is 3. The van der Waals surface area contributed by atoms with Crippen LogP contribution in [0.3, 0.4) is 0 Å². The summed E-state index contributed by atoms with van der Waals surface area (Å²) in [5.74, 6) is 0. The second-order valence-electron chi connectivity index (χ2n) is 5.25. The van der Waals surface area contributed by atoms with Crippen LogP contribution >= 0.6 is 0 Å². The zero-order chi connectivity index (χ0) is 10.1. The molecular weight excluding hydrogens is 166 g/mol. The molecule has 1 aliphatic carbocycles.